The molecular weight excluding hydrogens is 296 g/mol. The van der Waals surface area contributed by atoms with Crippen molar-refractivity contribution < 1.29 is 23.4 Å². The number of anilines is 1. The van der Waals surface area contributed by atoms with E-state index in [9.17, 15) is 18.6 Å². The fourth-order valence-corrected chi connectivity index (χ4v) is 4.42. The molecule has 0 spiro atoms. The van der Waals surface area contributed by atoms with Crippen LogP contribution in [0.15, 0.2) is 17.0 Å². The fraction of sp³-hybridized carbons (Fsp3) is 0.538. The molecule has 1 saturated heterocycles. The van der Waals surface area contributed by atoms with Crippen LogP contribution in [0.4, 0.5) is 5.69 Å². The third kappa shape index (κ3) is 2.48. The Labute approximate surface area is 123 Å². The van der Waals surface area contributed by atoms with Gasteiger partial charge in [-0.25, -0.2) is 8.42 Å². The smallest absolute Gasteiger partial charge is 0.247 e. The van der Waals surface area contributed by atoms with Gasteiger partial charge in [0.15, 0.2) is 0 Å². The minimum Gasteiger partial charge on any atom is -0.492 e. The van der Waals surface area contributed by atoms with Gasteiger partial charge in [-0.05, 0) is 30.5 Å². The number of sulfonamides is 1. The zero-order chi connectivity index (χ0) is 15.2. The normalized spacial score (nSPS) is 26.4. The molecule has 0 aromatic heterocycles. The van der Waals surface area contributed by atoms with Crippen molar-refractivity contribution in [2.24, 2.45) is 0 Å². The van der Waals surface area contributed by atoms with Crippen molar-refractivity contribution in [1.82, 2.24) is 4.31 Å². The van der Waals surface area contributed by atoms with Crippen molar-refractivity contribution in [2.75, 3.05) is 25.4 Å². The number of fused-ring (bicyclic) bond motifs is 1. The number of nitrogens with two attached hydrogens (primary N) is 1. The summed E-state index contributed by atoms with van der Waals surface area (Å²) < 4.78 is 32.0. The van der Waals surface area contributed by atoms with Crippen LogP contribution in [-0.4, -0.2) is 54.8 Å². The minimum atomic E-state index is -3.86. The number of aliphatic hydroxyl groups is 2. The van der Waals surface area contributed by atoms with E-state index in [1.165, 1.54) is 6.07 Å². The number of benzene rings is 1. The number of aliphatic hydroxyl groups excluding tert-OH is 2. The number of rotatable bonds is 2. The summed E-state index contributed by atoms with van der Waals surface area (Å²) in [7, 11) is -3.86. The van der Waals surface area contributed by atoms with E-state index in [-0.39, 0.29) is 18.0 Å². The summed E-state index contributed by atoms with van der Waals surface area (Å²) in [4.78, 5) is 0.0125. The Morgan fingerprint density at radius 1 is 1.24 bits per heavy atom. The molecule has 0 amide bonds. The lowest BCUT2D eigenvalue weighted by Gasteiger charge is -2.23. The SMILES string of the molecule is Nc1cc2c(c(S(=O)(=O)N3C[C@@H](O)[C@@H](O)C3)c1)OCCC2. The molecule has 8 heteroatoms. The molecule has 1 aromatic carbocycles. The topological polar surface area (TPSA) is 113 Å². The molecule has 0 aliphatic carbocycles. The van der Waals surface area contributed by atoms with Gasteiger partial charge in [-0.1, -0.05) is 0 Å². The van der Waals surface area contributed by atoms with Crippen LogP contribution in [0.25, 0.3) is 0 Å². The van der Waals surface area contributed by atoms with Crippen molar-refractivity contribution in [1.29, 1.82) is 0 Å². The van der Waals surface area contributed by atoms with Gasteiger partial charge in [-0.2, -0.15) is 4.31 Å². The molecule has 2 heterocycles. The first-order valence-electron chi connectivity index (χ1n) is 6.81. The first-order chi connectivity index (χ1) is 9.89. The molecule has 1 aromatic rings. The fourth-order valence-electron chi connectivity index (χ4n) is 2.73. The number of hydrogen-bond donors (Lipinski definition) is 3. The standard InChI is InChI=1S/C13H18N2O5S/c14-9-4-8-2-1-3-20-13(8)12(5-9)21(18,19)15-6-10(16)11(17)7-15/h4-5,10-11,16-17H,1-3,6-7,14H2/t10-,11+. The highest BCUT2D eigenvalue weighted by Gasteiger charge is 2.39. The average Bonchev–Trinajstić information content (AvgIpc) is 2.78. The Hall–Kier alpha value is -1.35. The van der Waals surface area contributed by atoms with Crippen LogP contribution in [0.1, 0.15) is 12.0 Å². The van der Waals surface area contributed by atoms with Gasteiger partial charge < -0.3 is 20.7 Å². The largest absolute Gasteiger partial charge is 0.492 e. The van der Waals surface area contributed by atoms with Crippen LogP contribution in [0.3, 0.4) is 0 Å². The zero-order valence-electron chi connectivity index (χ0n) is 11.4. The van der Waals surface area contributed by atoms with E-state index in [1.54, 1.807) is 6.07 Å². The molecule has 0 unspecified atom stereocenters. The van der Waals surface area contributed by atoms with Crippen LogP contribution < -0.4 is 10.5 Å². The number of ether oxygens (including phenoxy) is 1. The van der Waals surface area contributed by atoms with Crippen LogP contribution in [-0.2, 0) is 16.4 Å². The van der Waals surface area contributed by atoms with E-state index >= 15 is 0 Å². The van der Waals surface area contributed by atoms with E-state index in [0.29, 0.717) is 24.5 Å². The Kier molecular flexibility index (Phi) is 3.56. The molecule has 4 N–H and O–H groups in total. The van der Waals surface area contributed by atoms with Gasteiger partial charge in [0.05, 0.1) is 18.8 Å². The molecular formula is C13H18N2O5S. The van der Waals surface area contributed by atoms with E-state index in [4.69, 9.17) is 10.5 Å². The van der Waals surface area contributed by atoms with Crippen LogP contribution in [0.5, 0.6) is 5.75 Å². The van der Waals surface area contributed by atoms with Crippen molar-refractivity contribution in [3.05, 3.63) is 17.7 Å². The van der Waals surface area contributed by atoms with E-state index in [2.05, 4.69) is 0 Å². The van der Waals surface area contributed by atoms with E-state index < -0.39 is 22.2 Å². The molecule has 0 radical (unpaired) electrons. The van der Waals surface area contributed by atoms with Gasteiger partial charge >= 0.3 is 0 Å². The number of β-amino-alcohol motifs (C(OH)–C–C–N with tert-alkyl or cyclic N) is 2. The van der Waals surface area contributed by atoms with Gasteiger partial charge in [-0.3, -0.25) is 0 Å². The van der Waals surface area contributed by atoms with E-state index in [1.807, 2.05) is 0 Å². The molecule has 1 fully saturated rings. The summed E-state index contributed by atoms with van der Waals surface area (Å²) in [6.07, 6.45) is -0.610. The lowest BCUT2D eigenvalue weighted by atomic mass is 10.1. The summed E-state index contributed by atoms with van der Waals surface area (Å²) in [6.45, 7) is 0.199. The maximum absolute atomic E-state index is 12.7. The second-order valence-electron chi connectivity index (χ2n) is 5.42. The first kappa shape index (κ1) is 14.6. The second-order valence-corrected chi connectivity index (χ2v) is 7.32. The predicted molar refractivity (Wildman–Crippen MR) is 75.4 cm³/mol. The Bertz CT molecular complexity index is 651. The second kappa shape index (κ2) is 5.13. The molecule has 2 atom stereocenters. The summed E-state index contributed by atoms with van der Waals surface area (Å²) in [5.41, 5.74) is 6.93. The highest BCUT2D eigenvalue weighted by molar-refractivity contribution is 7.89. The third-order valence-corrected chi connectivity index (χ3v) is 5.67. The summed E-state index contributed by atoms with van der Waals surface area (Å²) in [5, 5.41) is 19.1. The number of hydrogen-bond acceptors (Lipinski definition) is 6. The molecule has 7 nitrogen and oxygen atoms in total. The number of nitrogen functional groups attached to an aromatic ring is 1. The van der Waals surface area contributed by atoms with E-state index in [0.717, 1.165) is 16.3 Å². The average molecular weight is 314 g/mol. The maximum atomic E-state index is 12.7. The summed E-state index contributed by atoms with van der Waals surface area (Å²) >= 11 is 0. The molecule has 2 aliphatic heterocycles. The highest BCUT2D eigenvalue weighted by atomic mass is 32.2. The van der Waals surface area contributed by atoms with Crippen LogP contribution in [0.2, 0.25) is 0 Å². The third-order valence-electron chi connectivity index (χ3n) is 3.83. The lowest BCUT2D eigenvalue weighted by molar-refractivity contribution is 0.0572. The van der Waals surface area contributed by atoms with Gasteiger partial charge in [0.2, 0.25) is 10.0 Å². The first-order valence-corrected chi connectivity index (χ1v) is 8.25. The minimum absolute atomic E-state index is 0.0125. The van der Waals surface area contributed by atoms with Gasteiger partial charge in [0.1, 0.15) is 10.6 Å². The Morgan fingerprint density at radius 3 is 2.57 bits per heavy atom. The Balaban J connectivity index is 2.05. The van der Waals surface area contributed by atoms with Gasteiger partial charge in [-0.15, -0.1) is 0 Å². The number of nitrogens with zero attached hydrogens (tertiary/aromatic N) is 1. The molecule has 0 bridgehead atoms. The Morgan fingerprint density at radius 2 is 1.90 bits per heavy atom. The van der Waals surface area contributed by atoms with Crippen molar-refractivity contribution in [2.45, 2.75) is 29.9 Å². The summed E-state index contributed by atoms with van der Waals surface area (Å²) in [5.74, 6) is 0.339. The van der Waals surface area contributed by atoms with Crippen LogP contribution >= 0.6 is 0 Å². The molecule has 116 valence electrons. The lowest BCUT2D eigenvalue weighted by Crippen LogP contribution is -2.31. The van der Waals surface area contributed by atoms with Crippen molar-refractivity contribution in [3.8, 4) is 5.75 Å². The molecule has 0 saturated carbocycles. The number of aryl methyl sites for hydroxylation is 1. The summed E-state index contributed by atoms with van der Waals surface area (Å²) in [6, 6.07) is 3.09. The molecule has 2 aliphatic rings. The maximum Gasteiger partial charge on any atom is 0.247 e. The van der Waals surface area contributed by atoms with Crippen LogP contribution in [0, 0.1) is 0 Å². The quantitative estimate of drug-likeness (QED) is 0.623. The molecule has 3 rings (SSSR count). The van der Waals surface area contributed by atoms with Gasteiger partial charge in [0.25, 0.3) is 0 Å². The zero-order valence-corrected chi connectivity index (χ0v) is 12.2. The molecule has 21 heavy (non-hydrogen) atoms. The predicted octanol–water partition coefficient (Wildman–Crippen LogP) is -0.680. The monoisotopic (exact) mass is 314 g/mol. The van der Waals surface area contributed by atoms with Crippen molar-refractivity contribution >= 4 is 15.7 Å². The van der Waals surface area contributed by atoms with Crippen molar-refractivity contribution in [3.63, 3.8) is 0 Å². The highest BCUT2D eigenvalue weighted by Crippen LogP contribution is 2.36. The van der Waals surface area contributed by atoms with Gasteiger partial charge in [0, 0.05) is 18.8 Å².